The molecule has 9 heteroatoms. The summed E-state index contributed by atoms with van der Waals surface area (Å²) in [6, 6.07) is 14.0. The predicted molar refractivity (Wildman–Crippen MR) is 123 cm³/mol. The van der Waals surface area contributed by atoms with Crippen molar-refractivity contribution in [2.24, 2.45) is 0 Å². The van der Waals surface area contributed by atoms with Gasteiger partial charge >= 0.3 is 0 Å². The van der Waals surface area contributed by atoms with E-state index in [-0.39, 0.29) is 18.2 Å². The number of nitrogens with zero attached hydrogens (tertiary/aromatic N) is 4. The molecule has 0 aliphatic rings. The lowest BCUT2D eigenvalue weighted by molar-refractivity contribution is -0.116. The van der Waals surface area contributed by atoms with E-state index in [1.165, 1.54) is 25.1 Å². The number of fused-ring (bicyclic) bond motifs is 1. The van der Waals surface area contributed by atoms with Gasteiger partial charge in [-0.1, -0.05) is 29.8 Å². The van der Waals surface area contributed by atoms with Crippen LogP contribution in [0.4, 0.5) is 17.2 Å². The summed E-state index contributed by atoms with van der Waals surface area (Å²) < 4.78 is 7.23. The minimum atomic E-state index is -0.265. The Labute approximate surface area is 189 Å². The van der Waals surface area contributed by atoms with Gasteiger partial charge in [0.1, 0.15) is 11.3 Å². The number of methoxy groups -OCH3 is 1. The molecule has 162 valence electrons. The summed E-state index contributed by atoms with van der Waals surface area (Å²) in [4.78, 5) is 30.9. The molecule has 0 fully saturated rings. The van der Waals surface area contributed by atoms with Gasteiger partial charge in [-0.25, -0.2) is 9.50 Å². The van der Waals surface area contributed by atoms with Crippen LogP contribution in [-0.4, -0.2) is 33.5 Å². The van der Waals surface area contributed by atoms with Crippen molar-refractivity contribution in [3.05, 3.63) is 77.7 Å². The molecule has 1 aromatic carbocycles. The highest BCUT2D eigenvalue weighted by molar-refractivity contribution is 6.31. The molecule has 4 rings (SSSR count). The second-order valence-electron chi connectivity index (χ2n) is 6.97. The Hall–Kier alpha value is -3.91. The second kappa shape index (κ2) is 9.07. The third-order valence-corrected chi connectivity index (χ3v) is 5.21. The highest BCUT2D eigenvalue weighted by Gasteiger charge is 2.22. The summed E-state index contributed by atoms with van der Waals surface area (Å²) in [7, 11) is 1.53. The Morgan fingerprint density at radius 2 is 1.97 bits per heavy atom. The minimum absolute atomic E-state index is 0.124. The average molecular weight is 450 g/mol. The zero-order valence-corrected chi connectivity index (χ0v) is 18.2. The number of anilines is 3. The number of ether oxygens (including phenoxy) is 1. The largest absolute Gasteiger partial charge is 0.492 e. The van der Waals surface area contributed by atoms with Gasteiger partial charge in [0, 0.05) is 36.1 Å². The molecule has 0 atom stereocenters. The molecular formula is C23H20ClN5O3. The van der Waals surface area contributed by atoms with Gasteiger partial charge in [0.15, 0.2) is 5.75 Å². The van der Waals surface area contributed by atoms with Gasteiger partial charge in [-0.05, 0) is 29.8 Å². The van der Waals surface area contributed by atoms with Crippen molar-refractivity contribution in [3.63, 3.8) is 0 Å². The Balaban J connectivity index is 1.64. The van der Waals surface area contributed by atoms with Crippen molar-refractivity contribution < 1.29 is 14.3 Å². The van der Waals surface area contributed by atoms with E-state index in [0.29, 0.717) is 33.5 Å². The normalized spacial score (nSPS) is 10.7. The lowest BCUT2D eigenvalue weighted by atomic mass is 10.1. The van der Waals surface area contributed by atoms with Crippen molar-refractivity contribution in [1.82, 2.24) is 14.6 Å². The number of halogens is 1. The van der Waals surface area contributed by atoms with Crippen LogP contribution in [0, 0.1) is 0 Å². The second-order valence-corrected chi connectivity index (χ2v) is 7.38. The van der Waals surface area contributed by atoms with Crippen LogP contribution < -0.4 is 15.0 Å². The molecule has 0 unspecified atom stereocenters. The van der Waals surface area contributed by atoms with Gasteiger partial charge in [0.05, 0.1) is 25.4 Å². The number of hydrogen-bond acceptors (Lipinski definition) is 5. The van der Waals surface area contributed by atoms with Crippen molar-refractivity contribution in [1.29, 1.82) is 0 Å². The maximum atomic E-state index is 12.6. The number of aromatic nitrogens is 3. The van der Waals surface area contributed by atoms with Crippen LogP contribution in [0.3, 0.4) is 0 Å². The summed E-state index contributed by atoms with van der Waals surface area (Å²) in [6.45, 7) is 1.43. The number of carbonyl (C=O) groups is 2. The van der Waals surface area contributed by atoms with E-state index >= 15 is 0 Å². The van der Waals surface area contributed by atoms with Gasteiger partial charge in [0.2, 0.25) is 11.8 Å². The van der Waals surface area contributed by atoms with Crippen molar-refractivity contribution >= 4 is 46.1 Å². The summed E-state index contributed by atoms with van der Waals surface area (Å²) in [5.74, 6) is 0.326. The maximum Gasteiger partial charge on any atom is 0.229 e. The number of carbonyl (C=O) groups excluding carboxylic acids is 2. The number of hydrogen-bond donors (Lipinski definition) is 1. The Morgan fingerprint density at radius 3 is 2.72 bits per heavy atom. The number of nitrogens with one attached hydrogen (secondary N) is 1. The van der Waals surface area contributed by atoms with Crippen LogP contribution >= 0.6 is 11.6 Å². The van der Waals surface area contributed by atoms with Crippen LogP contribution in [0.15, 0.2) is 67.1 Å². The highest BCUT2D eigenvalue weighted by atomic mass is 35.5. The Bertz CT molecular complexity index is 1300. The molecule has 3 aromatic heterocycles. The molecule has 0 bridgehead atoms. The van der Waals surface area contributed by atoms with Crippen molar-refractivity contribution in [2.45, 2.75) is 13.3 Å². The molecule has 32 heavy (non-hydrogen) atoms. The fraction of sp³-hybridized carbons (Fsp3) is 0.130. The van der Waals surface area contributed by atoms with E-state index in [9.17, 15) is 9.59 Å². The highest BCUT2D eigenvalue weighted by Crippen LogP contribution is 2.36. The average Bonchev–Trinajstić information content (AvgIpc) is 3.24. The number of rotatable bonds is 6. The zero-order chi connectivity index (χ0) is 22.7. The molecule has 2 amide bonds. The molecule has 0 spiro atoms. The monoisotopic (exact) mass is 449 g/mol. The molecule has 3 heterocycles. The first-order chi connectivity index (χ1) is 15.5. The quantitative estimate of drug-likeness (QED) is 0.475. The summed E-state index contributed by atoms with van der Waals surface area (Å²) in [5, 5.41) is 7.56. The first kappa shape index (κ1) is 21.3. The third kappa shape index (κ3) is 4.26. The van der Waals surface area contributed by atoms with E-state index in [4.69, 9.17) is 16.3 Å². The minimum Gasteiger partial charge on any atom is -0.492 e. The van der Waals surface area contributed by atoms with Crippen LogP contribution in [0.5, 0.6) is 5.75 Å². The van der Waals surface area contributed by atoms with Crippen LogP contribution in [0.25, 0.3) is 5.52 Å². The smallest absolute Gasteiger partial charge is 0.229 e. The van der Waals surface area contributed by atoms with Gasteiger partial charge in [-0.2, -0.15) is 5.10 Å². The molecule has 0 aliphatic carbocycles. The molecule has 0 saturated carbocycles. The van der Waals surface area contributed by atoms with E-state index in [0.717, 1.165) is 5.56 Å². The fourth-order valence-electron chi connectivity index (χ4n) is 3.44. The lowest BCUT2D eigenvalue weighted by Crippen LogP contribution is -2.25. The molecule has 1 N–H and O–H groups in total. The molecule has 0 aliphatic heterocycles. The van der Waals surface area contributed by atoms with E-state index in [1.54, 1.807) is 53.3 Å². The standard InChI is InChI=1S/C23H20ClN5O3/c1-15(30)29(20-9-12-28-19(8-11-26-28)23(20)32-2)21-14-17(7-10-25-21)27-22(31)13-16-5-3-4-6-18(16)24/h3-12,14H,13H2,1-2H3,(H,25,27,31). The van der Waals surface area contributed by atoms with E-state index < -0.39 is 0 Å². The van der Waals surface area contributed by atoms with E-state index in [1.807, 2.05) is 12.1 Å². The van der Waals surface area contributed by atoms with Crippen LogP contribution in [0.2, 0.25) is 5.02 Å². The Morgan fingerprint density at radius 1 is 1.16 bits per heavy atom. The molecule has 4 aromatic rings. The third-order valence-electron chi connectivity index (χ3n) is 4.84. The molecule has 8 nitrogen and oxygen atoms in total. The predicted octanol–water partition coefficient (Wildman–Crippen LogP) is 4.26. The first-order valence-corrected chi connectivity index (χ1v) is 10.2. The summed E-state index contributed by atoms with van der Waals surface area (Å²) >= 11 is 6.15. The van der Waals surface area contributed by atoms with Gasteiger partial charge in [-0.3, -0.25) is 14.5 Å². The molecule has 0 saturated heterocycles. The first-order valence-electron chi connectivity index (χ1n) is 9.78. The Kier molecular flexibility index (Phi) is 6.04. The van der Waals surface area contributed by atoms with Crippen LogP contribution in [-0.2, 0) is 16.0 Å². The number of benzene rings is 1. The lowest BCUT2D eigenvalue weighted by Gasteiger charge is -2.23. The molecular weight excluding hydrogens is 430 g/mol. The number of pyridine rings is 2. The fourth-order valence-corrected chi connectivity index (χ4v) is 3.64. The SMILES string of the molecule is COc1c(N(C(C)=O)c2cc(NC(=O)Cc3ccccc3Cl)ccn2)ccn2nccc12. The summed E-state index contributed by atoms with van der Waals surface area (Å²) in [6.07, 6.45) is 5.03. The summed E-state index contributed by atoms with van der Waals surface area (Å²) in [5.41, 5.74) is 2.45. The van der Waals surface area contributed by atoms with E-state index in [2.05, 4.69) is 15.4 Å². The van der Waals surface area contributed by atoms with Gasteiger partial charge < -0.3 is 10.1 Å². The zero-order valence-electron chi connectivity index (χ0n) is 17.4. The van der Waals surface area contributed by atoms with Crippen LogP contribution in [0.1, 0.15) is 12.5 Å². The van der Waals surface area contributed by atoms with Crippen molar-refractivity contribution in [3.8, 4) is 5.75 Å². The topological polar surface area (TPSA) is 88.8 Å². The number of amides is 2. The van der Waals surface area contributed by atoms with Crippen molar-refractivity contribution in [2.75, 3.05) is 17.3 Å². The molecule has 0 radical (unpaired) electrons. The van der Waals surface area contributed by atoms with Gasteiger partial charge in [-0.15, -0.1) is 0 Å². The van der Waals surface area contributed by atoms with Gasteiger partial charge in [0.25, 0.3) is 0 Å². The maximum absolute atomic E-state index is 12.6.